The highest BCUT2D eigenvalue weighted by Gasteiger charge is 2.03. The van der Waals surface area contributed by atoms with E-state index in [-0.39, 0.29) is 0 Å². The zero-order chi connectivity index (χ0) is 12.7. The van der Waals surface area contributed by atoms with Crippen molar-refractivity contribution in [3.63, 3.8) is 0 Å². The monoisotopic (exact) mass is 232 g/mol. The topological polar surface area (TPSA) is 36.3 Å². The predicted octanol–water partition coefficient (Wildman–Crippen LogP) is 2.59. The molecule has 0 heterocycles. The number of nitrogens with zero attached hydrogens (tertiary/aromatic N) is 2. The fourth-order valence-corrected chi connectivity index (χ4v) is 1.71. The maximum Gasteiger partial charge on any atom is 0.122 e. The summed E-state index contributed by atoms with van der Waals surface area (Å²) in [4.78, 5) is 2.32. The van der Waals surface area contributed by atoms with Crippen molar-refractivity contribution in [2.24, 2.45) is 0 Å². The van der Waals surface area contributed by atoms with Crippen LogP contribution in [-0.2, 0) is 0 Å². The standard InChI is InChI=1S/C14H20N2O/c1-4-16(5-2)8-9-17-14-7-6-13(11-15)10-12(14)3/h6-7,10H,4-5,8-9H2,1-3H3. The van der Waals surface area contributed by atoms with Crippen LogP contribution in [0, 0.1) is 18.3 Å². The van der Waals surface area contributed by atoms with Crippen molar-refractivity contribution in [3.8, 4) is 11.8 Å². The Hall–Kier alpha value is -1.53. The Morgan fingerprint density at radius 3 is 2.53 bits per heavy atom. The van der Waals surface area contributed by atoms with Gasteiger partial charge in [0.15, 0.2) is 0 Å². The molecule has 0 aliphatic heterocycles. The molecule has 0 atom stereocenters. The number of benzene rings is 1. The summed E-state index contributed by atoms with van der Waals surface area (Å²) in [6.07, 6.45) is 0. The SMILES string of the molecule is CCN(CC)CCOc1ccc(C#N)cc1C. The van der Waals surface area contributed by atoms with Crippen LogP contribution in [0.15, 0.2) is 18.2 Å². The minimum atomic E-state index is 0.679. The Morgan fingerprint density at radius 1 is 1.29 bits per heavy atom. The molecule has 0 aliphatic carbocycles. The number of nitriles is 1. The number of rotatable bonds is 6. The maximum atomic E-state index is 8.77. The van der Waals surface area contributed by atoms with E-state index in [4.69, 9.17) is 10.00 Å². The summed E-state index contributed by atoms with van der Waals surface area (Å²) < 4.78 is 5.72. The molecule has 92 valence electrons. The van der Waals surface area contributed by atoms with Crippen molar-refractivity contribution >= 4 is 0 Å². The lowest BCUT2D eigenvalue weighted by Crippen LogP contribution is -2.28. The molecule has 0 bridgehead atoms. The van der Waals surface area contributed by atoms with Gasteiger partial charge in [0.2, 0.25) is 0 Å². The van der Waals surface area contributed by atoms with E-state index in [1.54, 1.807) is 6.07 Å². The Bertz CT molecular complexity index is 392. The molecular weight excluding hydrogens is 212 g/mol. The summed E-state index contributed by atoms with van der Waals surface area (Å²) in [6, 6.07) is 7.64. The Labute approximate surface area is 104 Å². The van der Waals surface area contributed by atoms with Gasteiger partial charge in [0.05, 0.1) is 11.6 Å². The molecule has 17 heavy (non-hydrogen) atoms. The van der Waals surface area contributed by atoms with E-state index < -0.39 is 0 Å². The van der Waals surface area contributed by atoms with Gasteiger partial charge in [0, 0.05) is 6.54 Å². The van der Waals surface area contributed by atoms with E-state index >= 15 is 0 Å². The first-order valence-electron chi connectivity index (χ1n) is 6.07. The quantitative estimate of drug-likeness (QED) is 0.756. The molecule has 0 N–H and O–H groups in total. The van der Waals surface area contributed by atoms with Gasteiger partial charge in [-0.3, -0.25) is 0 Å². The van der Waals surface area contributed by atoms with Crippen LogP contribution in [0.2, 0.25) is 0 Å². The number of hydrogen-bond acceptors (Lipinski definition) is 3. The Kier molecular flexibility index (Phi) is 5.51. The molecule has 3 nitrogen and oxygen atoms in total. The molecule has 0 saturated carbocycles. The van der Waals surface area contributed by atoms with Gasteiger partial charge in [-0.05, 0) is 43.8 Å². The molecule has 1 aromatic carbocycles. The third-order valence-corrected chi connectivity index (χ3v) is 2.86. The molecule has 0 amide bonds. The minimum Gasteiger partial charge on any atom is -0.492 e. The highest BCUT2D eigenvalue weighted by molar-refractivity contribution is 5.41. The lowest BCUT2D eigenvalue weighted by atomic mass is 10.1. The molecule has 0 saturated heterocycles. The van der Waals surface area contributed by atoms with Crippen molar-refractivity contribution < 1.29 is 4.74 Å². The fourth-order valence-electron chi connectivity index (χ4n) is 1.71. The first-order chi connectivity index (χ1) is 8.21. The van der Waals surface area contributed by atoms with Gasteiger partial charge in [-0.1, -0.05) is 13.8 Å². The van der Waals surface area contributed by atoms with Crippen LogP contribution >= 0.6 is 0 Å². The fraction of sp³-hybridized carbons (Fsp3) is 0.500. The second kappa shape index (κ2) is 6.93. The van der Waals surface area contributed by atoms with E-state index in [1.165, 1.54) is 0 Å². The van der Waals surface area contributed by atoms with Crippen LogP contribution < -0.4 is 4.74 Å². The first-order valence-corrected chi connectivity index (χ1v) is 6.07. The van der Waals surface area contributed by atoms with E-state index in [0.29, 0.717) is 12.2 Å². The average molecular weight is 232 g/mol. The number of ether oxygens (including phenoxy) is 1. The second-order valence-corrected chi connectivity index (χ2v) is 3.97. The van der Waals surface area contributed by atoms with E-state index in [1.807, 2.05) is 19.1 Å². The van der Waals surface area contributed by atoms with Gasteiger partial charge < -0.3 is 9.64 Å². The molecule has 0 aliphatic rings. The summed E-state index contributed by atoms with van der Waals surface area (Å²) in [7, 11) is 0. The number of hydrogen-bond donors (Lipinski definition) is 0. The molecule has 0 spiro atoms. The van der Waals surface area contributed by atoms with Gasteiger partial charge in [0.1, 0.15) is 12.4 Å². The van der Waals surface area contributed by atoms with Crippen LogP contribution in [0.4, 0.5) is 0 Å². The normalized spacial score (nSPS) is 10.3. The summed E-state index contributed by atoms with van der Waals surface area (Å²) in [6.45, 7) is 9.99. The molecule has 1 rings (SSSR count). The Morgan fingerprint density at radius 2 is 2.00 bits per heavy atom. The van der Waals surface area contributed by atoms with Crippen LogP contribution in [0.5, 0.6) is 5.75 Å². The van der Waals surface area contributed by atoms with Crippen molar-refractivity contribution in [1.82, 2.24) is 4.90 Å². The lowest BCUT2D eigenvalue weighted by Gasteiger charge is -2.18. The van der Waals surface area contributed by atoms with Crippen LogP contribution in [-0.4, -0.2) is 31.1 Å². The van der Waals surface area contributed by atoms with Gasteiger partial charge in [-0.25, -0.2) is 0 Å². The molecular formula is C14H20N2O. The third kappa shape index (κ3) is 4.08. The number of aryl methyl sites for hydroxylation is 1. The first kappa shape index (κ1) is 13.5. The van der Waals surface area contributed by atoms with E-state index in [9.17, 15) is 0 Å². The molecule has 1 aromatic rings. The largest absolute Gasteiger partial charge is 0.492 e. The minimum absolute atomic E-state index is 0.679. The predicted molar refractivity (Wildman–Crippen MR) is 69.2 cm³/mol. The van der Waals surface area contributed by atoms with Crippen molar-refractivity contribution in [2.75, 3.05) is 26.2 Å². The van der Waals surface area contributed by atoms with E-state index in [0.717, 1.165) is 30.9 Å². The highest BCUT2D eigenvalue weighted by Crippen LogP contribution is 2.18. The Balaban J connectivity index is 2.50. The summed E-state index contributed by atoms with van der Waals surface area (Å²) in [5.74, 6) is 0.871. The van der Waals surface area contributed by atoms with Crippen molar-refractivity contribution in [3.05, 3.63) is 29.3 Å². The van der Waals surface area contributed by atoms with Gasteiger partial charge in [0.25, 0.3) is 0 Å². The molecule has 0 radical (unpaired) electrons. The van der Waals surface area contributed by atoms with Crippen LogP contribution in [0.3, 0.4) is 0 Å². The second-order valence-electron chi connectivity index (χ2n) is 3.97. The van der Waals surface area contributed by atoms with Crippen LogP contribution in [0.25, 0.3) is 0 Å². The zero-order valence-corrected chi connectivity index (χ0v) is 10.9. The van der Waals surface area contributed by atoms with Gasteiger partial charge >= 0.3 is 0 Å². The molecule has 3 heteroatoms. The summed E-state index contributed by atoms with van der Waals surface area (Å²) in [5, 5.41) is 8.77. The summed E-state index contributed by atoms with van der Waals surface area (Å²) in [5.41, 5.74) is 1.70. The maximum absolute atomic E-state index is 8.77. The van der Waals surface area contributed by atoms with Gasteiger partial charge in [-0.15, -0.1) is 0 Å². The average Bonchev–Trinajstić information content (AvgIpc) is 2.36. The number of likely N-dealkylation sites (N-methyl/N-ethyl adjacent to an activating group) is 1. The van der Waals surface area contributed by atoms with Crippen molar-refractivity contribution in [1.29, 1.82) is 5.26 Å². The van der Waals surface area contributed by atoms with E-state index in [2.05, 4.69) is 24.8 Å². The lowest BCUT2D eigenvalue weighted by molar-refractivity contribution is 0.222. The third-order valence-electron chi connectivity index (χ3n) is 2.86. The van der Waals surface area contributed by atoms with Crippen molar-refractivity contribution in [2.45, 2.75) is 20.8 Å². The highest BCUT2D eigenvalue weighted by atomic mass is 16.5. The summed E-state index contributed by atoms with van der Waals surface area (Å²) >= 11 is 0. The van der Waals surface area contributed by atoms with Crippen LogP contribution in [0.1, 0.15) is 25.0 Å². The molecule has 0 unspecified atom stereocenters. The molecule has 0 fully saturated rings. The molecule has 0 aromatic heterocycles. The zero-order valence-electron chi connectivity index (χ0n) is 10.9. The smallest absolute Gasteiger partial charge is 0.122 e. The van der Waals surface area contributed by atoms with Gasteiger partial charge in [-0.2, -0.15) is 5.26 Å².